The van der Waals surface area contributed by atoms with Crippen LogP contribution in [0.5, 0.6) is 0 Å². The molecule has 25 heavy (non-hydrogen) atoms. The molecule has 0 saturated carbocycles. The first-order valence-electron chi connectivity index (χ1n) is 9.27. The summed E-state index contributed by atoms with van der Waals surface area (Å²) in [7, 11) is 1.65. The van der Waals surface area contributed by atoms with Crippen molar-refractivity contribution in [1.82, 2.24) is 0 Å². The molecule has 0 saturated heterocycles. The molecule has 0 fully saturated rings. The minimum atomic E-state index is -0.753. The maximum atomic E-state index is 10.5. The fourth-order valence-electron chi connectivity index (χ4n) is 2.20. The van der Waals surface area contributed by atoms with E-state index in [-0.39, 0.29) is 18.8 Å². The zero-order valence-electron chi connectivity index (χ0n) is 16.0. The van der Waals surface area contributed by atoms with Gasteiger partial charge >= 0.3 is 5.97 Å². The van der Waals surface area contributed by atoms with Crippen molar-refractivity contribution >= 4 is 5.97 Å². The third kappa shape index (κ3) is 16.5. The van der Waals surface area contributed by atoms with Crippen LogP contribution in [0.15, 0.2) is 0 Å². The van der Waals surface area contributed by atoms with Crippen LogP contribution < -0.4 is 0 Å². The van der Waals surface area contributed by atoms with Crippen LogP contribution in [0.2, 0.25) is 0 Å². The van der Waals surface area contributed by atoms with Crippen LogP contribution in [0, 0.1) is 0 Å². The zero-order chi connectivity index (χ0) is 18.8. The summed E-state index contributed by atoms with van der Waals surface area (Å²) in [6.07, 6.45) is 3.77. The van der Waals surface area contributed by atoms with Gasteiger partial charge in [-0.05, 0) is 26.2 Å². The Balaban J connectivity index is 4.12. The lowest BCUT2D eigenvalue weighted by atomic mass is 10.2. The van der Waals surface area contributed by atoms with Gasteiger partial charge in [-0.1, -0.05) is 13.3 Å². The van der Waals surface area contributed by atoms with Gasteiger partial charge < -0.3 is 28.8 Å². The van der Waals surface area contributed by atoms with Gasteiger partial charge in [0.25, 0.3) is 0 Å². The topological polar surface area (TPSA) is 83.5 Å². The lowest BCUT2D eigenvalue weighted by molar-refractivity contribution is -0.171. The van der Waals surface area contributed by atoms with Gasteiger partial charge in [0.05, 0.1) is 32.5 Å². The van der Waals surface area contributed by atoms with Crippen molar-refractivity contribution in [1.29, 1.82) is 0 Å². The van der Waals surface area contributed by atoms with E-state index in [0.717, 1.165) is 19.3 Å². The molecule has 0 rings (SSSR count). The van der Waals surface area contributed by atoms with Crippen LogP contribution in [0.4, 0.5) is 0 Å². The van der Waals surface area contributed by atoms with Gasteiger partial charge in [0, 0.05) is 33.2 Å². The molecule has 0 amide bonds. The first kappa shape index (κ1) is 24.3. The fraction of sp³-hybridized carbons (Fsp3) is 0.944. The normalized spacial score (nSPS) is 13.7. The average molecular weight is 364 g/mol. The molecule has 7 nitrogen and oxygen atoms in total. The van der Waals surface area contributed by atoms with E-state index in [4.69, 9.17) is 28.8 Å². The number of hydrogen-bond acceptors (Lipinski definition) is 6. The van der Waals surface area contributed by atoms with Crippen molar-refractivity contribution in [3.63, 3.8) is 0 Å². The van der Waals surface area contributed by atoms with Crippen LogP contribution in [-0.4, -0.2) is 70.2 Å². The van der Waals surface area contributed by atoms with E-state index >= 15 is 0 Å². The summed E-state index contributed by atoms with van der Waals surface area (Å²) in [5.74, 6) is -0.753. The van der Waals surface area contributed by atoms with E-state index in [1.165, 1.54) is 0 Å². The number of carbonyl (C=O) groups is 1. The number of hydrogen-bond donors (Lipinski definition) is 1. The Morgan fingerprint density at radius 2 is 1.64 bits per heavy atom. The molecule has 0 spiro atoms. The largest absolute Gasteiger partial charge is 0.481 e. The first-order valence-corrected chi connectivity index (χ1v) is 9.27. The van der Waals surface area contributed by atoms with Crippen LogP contribution in [0.25, 0.3) is 0 Å². The quantitative estimate of drug-likeness (QED) is 0.279. The van der Waals surface area contributed by atoms with Gasteiger partial charge in [0.2, 0.25) is 0 Å². The molecule has 0 aliphatic carbocycles. The summed E-state index contributed by atoms with van der Waals surface area (Å²) >= 11 is 0. The highest BCUT2D eigenvalue weighted by Gasteiger charge is 2.17. The van der Waals surface area contributed by atoms with Crippen LogP contribution >= 0.6 is 0 Å². The van der Waals surface area contributed by atoms with Crippen molar-refractivity contribution in [2.75, 3.05) is 46.8 Å². The molecule has 150 valence electrons. The highest BCUT2D eigenvalue weighted by Crippen LogP contribution is 2.13. The van der Waals surface area contributed by atoms with Crippen LogP contribution in [0.1, 0.15) is 52.4 Å². The molecule has 1 N–H and O–H groups in total. The molecular formula is C18H36O7. The standard InChI is InChI=1S/C18H36O7/c1-4-16(23-13-11-21-3)15-18(25-14-12-22-5-2)24-10-8-6-7-9-17(19)20/h16,18H,4-15H2,1-3H3,(H,19,20). The minimum absolute atomic E-state index is 0.0549. The Morgan fingerprint density at radius 3 is 2.28 bits per heavy atom. The predicted molar refractivity (Wildman–Crippen MR) is 94.8 cm³/mol. The van der Waals surface area contributed by atoms with Crippen LogP contribution in [0.3, 0.4) is 0 Å². The Kier molecular flexibility index (Phi) is 17.5. The number of unbranched alkanes of at least 4 members (excludes halogenated alkanes) is 2. The lowest BCUT2D eigenvalue weighted by Crippen LogP contribution is -2.28. The zero-order valence-corrected chi connectivity index (χ0v) is 16.0. The summed E-state index contributed by atoms with van der Waals surface area (Å²) in [6.45, 7) is 7.36. The molecule has 0 aliphatic heterocycles. The number of rotatable bonds is 19. The summed E-state index contributed by atoms with van der Waals surface area (Å²) in [4.78, 5) is 10.5. The van der Waals surface area contributed by atoms with Gasteiger partial charge in [0.1, 0.15) is 0 Å². The van der Waals surface area contributed by atoms with E-state index in [2.05, 4.69) is 6.92 Å². The molecule has 0 aliphatic rings. The molecule has 2 unspecified atom stereocenters. The molecule has 0 heterocycles. The van der Waals surface area contributed by atoms with E-state index in [1.54, 1.807) is 7.11 Å². The second kappa shape index (κ2) is 18.1. The first-order chi connectivity index (χ1) is 12.1. The van der Waals surface area contributed by atoms with Gasteiger partial charge in [-0.25, -0.2) is 0 Å². The number of methoxy groups -OCH3 is 1. The summed E-state index contributed by atoms with van der Waals surface area (Å²) in [6, 6.07) is 0. The predicted octanol–water partition coefficient (Wildman–Crippen LogP) is 2.86. The molecule has 2 atom stereocenters. The SMILES string of the molecule is CCOCCOC(CC(CC)OCCOC)OCCCCCC(=O)O. The third-order valence-corrected chi connectivity index (χ3v) is 3.63. The Hall–Kier alpha value is -0.730. The van der Waals surface area contributed by atoms with Crippen molar-refractivity contribution in [3.8, 4) is 0 Å². The Morgan fingerprint density at radius 1 is 0.920 bits per heavy atom. The molecule has 0 aromatic carbocycles. The molecule has 0 bridgehead atoms. The highest BCUT2D eigenvalue weighted by atomic mass is 16.7. The van der Waals surface area contributed by atoms with E-state index < -0.39 is 5.97 Å². The number of ether oxygens (including phenoxy) is 5. The number of aliphatic carboxylic acids is 1. The van der Waals surface area contributed by atoms with E-state index in [9.17, 15) is 4.79 Å². The highest BCUT2D eigenvalue weighted by molar-refractivity contribution is 5.66. The molecule has 0 aromatic heterocycles. The minimum Gasteiger partial charge on any atom is -0.481 e. The number of carboxylic acids is 1. The molecular weight excluding hydrogens is 328 g/mol. The molecule has 0 radical (unpaired) electrons. The maximum Gasteiger partial charge on any atom is 0.303 e. The van der Waals surface area contributed by atoms with Gasteiger partial charge in [-0.3, -0.25) is 4.79 Å². The maximum absolute atomic E-state index is 10.5. The van der Waals surface area contributed by atoms with Gasteiger partial charge in [-0.15, -0.1) is 0 Å². The van der Waals surface area contributed by atoms with Crippen LogP contribution in [-0.2, 0) is 28.5 Å². The summed E-state index contributed by atoms with van der Waals surface area (Å²) < 4.78 is 27.7. The van der Waals surface area contributed by atoms with Crippen molar-refractivity contribution in [2.45, 2.75) is 64.8 Å². The summed E-state index contributed by atoms with van der Waals surface area (Å²) in [5.41, 5.74) is 0. The lowest BCUT2D eigenvalue weighted by Gasteiger charge is -2.24. The molecule has 7 heteroatoms. The smallest absolute Gasteiger partial charge is 0.303 e. The molecule has 0 aromatic rings. The van der Waals surface area contributed by atoms with Crippen molar-refractivity contribution < 1.29 is 33.6 Å². The average Bonchev–Trinajstić information content (AvgIpc) is 2.60. The summed E-state index contributed by atoms with van der Waals surface area (Å²) in [5, 5.41) is 8.63. The Bertz CT molecular complexity index is 299. The van der Waals surface area contributed by atoms with Gasteiger partial charge in [-0.2, -0.15) is 0 Å². The van der Waals surface area contributed by atoms with E-state index in [0.29, 0.717) is 52.5 Å². The number of carboxylic acid groups (broad SMARTS) is 1. The second-order valence-electron chi connectivity index (χ2n) is 5.70. The third-order valence-electron chi connectivity index (χ3n) is 3.63. The van der Waals surface area contributed by atoms with Crippen molar-refractivity contribution in [3.05, 3.63) is 0 Å². The Labute approximate surface area is 151 Å². The fourth-order valence-corrected chi connectivity index (χ4v) is 2.20. The monoisotopic (exact) mass is 364 g/mol. The second-order valence-corrected chi connectivity index (χ2v) is 5.70. The van der Waals surface area contributed by atoms with Gasteiger partial charge in [0.15, 0.2) is 6.29 Å². The van der Waals surface area contributed by atoms with Crippen molar-refractivity contribution in [2.24, 2.45) is 0 Å². The van der Waals surface area contributed by atoms with E-state index in [1.807, 2.05) is 6.92 Å².